The third-order valence-corrected chi connectivity index (χ3v) is 3.99. The molecule has 6 nitrogen and oxygen atoms in total. The molecule has 0 atom stereocenters. The average molecular weight is 407 g/mol. The van der Waals surface area contributed by atoms with Crippen LogP contribution < -0.4 is 19.6 Å². The lowest BCUT2D eigenvalue weighted by atomic mass is 10.1. The number of carbonyl (C=O) groups is 1. The van der Waals surface area contributed by atoms with Crippen LogP contribution in [0.15, 0.2) is 46.0 Å². The normalized spacial score (nSPS) is 11.0. The molecule has 132 valence electrons. The maximum Gasteiger partial charge on any atom is 0.271 e. The second-order valence-electron chi connectivity index (χ2n) is 5.06. The van der Waals surface area contributed by atoms with Crippen LogP contribution in [0.2, 0.25) is 0 Å². The summed E-state index contributed by atoms with van der Waals surface area (Å²) < 4.78 is 16.7. The van der Waals surface area contributed by atoms with Crippen molar-refractivity contribution in [2.75, 3.05) is 21.3 Å². The predicted molar refractivity (Wildman–Crippen MR) is 99.9 cm³/mol. The molecule has 0 fully saturated rings. The summed E-state index contributed by atoms with van der Waals surface area (Å²) in [5.74, 6) is 0.850. The van der Waals surface area contributed by atoms with Gasteiger partial charge in [0.1, 0.15) is 0 Å². The number of carbonyl (C=O) groups excluding carboxylic acids is 1. The van der Waals surface area contributed by atoms with Crippen molar-refractivity contribution in [3.63, 3.8) is 0 Å². The molecule has 0 aromatic heterocycles. The largest absolute Gasteiger partial charge is 0.493 e. The van der Waals surface area contributed by atoms with Crippen LogP contribution in [0, 0.1) is 0 Å². The van der Waals surface area contributed by atoms with E-state index in [1.54, 1.807) is 12.1 Å². The van der Waals surface area contributed by atoms with Crippen molar-refractivity contribution in [1.29, 1.82) is 0 Å². The van der Waals surface area contributed by atoms with Gasteiger partial charge in [-0.05, 0) is 36.8 Å². The van der Waals surface area contributed by atoms with E-state index < -0.39 is 0 Å². The van der Waals surface area contributed by atoms with Crippen LogP contribution in [0.1, 0.15) is 22.8 Å². The van der Waals surface area contributed by atoms with Crippen LogP contribution in [-0.4, -0.2) is 32.9 Å². The molecule has 7 heteroatoms. The van der Waals surface area contributed by atoms with Gasteiger partial charge in [0.2, 0.25) is 5.75 Å². The number of hydrogen-bond acceptors (Lipinski definition) is 5. The third kappa shape index (κ3) is 4.51. The number of methoxy groups -OCH3 is 3. The molecule has 0 saturated carbocycles. The third-order valence-electron chi connectivity index (χ3n) is 3.49. The van der Waals surface area contributed by atoms with Gasteiger partial charge in [-0.1, -0.05) is 28.1 Å². The minimum Gasteiger partial charge on any atom is -0.493 e. The molecule has 2 aromatic carbocycles. The highest BCUT2D eigenvalue weighted by Crippen LogP contribution is 2.38. The number of nitrogens with one attached hydrogen (secondary N) is 1. The Morgan fingerprint density at radius 1 is 1.00 bits per heavy atom. The topological polar surface area (TPSA) is 69.2 Å². The smallest absolute Gasteiger partial charge is 0.271 e. The van der Waals surface area contributed by atoms with Crippen molar-refractivity contribution in [3.05, 3.63) is 52.0 Å². The fourth-order valence-electron chi connectivity index (χ4n) is 2.19. The van der Waals surface area contributed by atoms with Gasteiger partial charge in [0.15, 0.2) is 11.5 Å². The number of hydrogen-bond donors (Lipinski definition) is 1. The molecule has 0 spiro atoms. The molecule has 1 N–H and O–H groups in total. The number of ether oxygens (including phenoxy) is 3. The van der Waals surface area contributed by atoms with E-state index in [1.807, 2.05) is 31.2 Å². The molecule has 2 rings (SSSR count). The lowest BCUT2D eigenvalue weighted by Crippen LogP contribution is -2.19. The SMILES string of the molecule is COc1cc(C(=O)N/N=C(\C)c2cccc(Br)c2)cc(OC)c1OC. The Bertz CT molecular complexity index is 780. The van der Waals surface area contributed by atoms with Crippen molar-refractivity contribution in [1.82, 2.24) is 5.43 Å². The highest BCUT2D eigenvalue weighted by molar-refractivity contribution is 9.10. The van der Waals surface area contributed by atoms with Gasteiger partial charge in [0.05, 0.1) is 27.0 Å². The van der Waals surface area contributed by atoms with Crippen molar-refractivity contribution in [3.8, 4) is 17.2 Å². The number of benzene rings is 2. The molecule has 0 radical (unpaired) electrons. The van der Waals surface area contributed by atoms with Gasteiger partial charge >= 0.3 is 0 Å². The maximum atomic E-state index is 12.4. The highest BCUT2D eigenvalue weighted by atomic mass is 79.9. The summed E-state index contributed by atoms with van der Waals surface area (Å²) >= 11 is 3.41. The monoisotopic (exact) mass is 406 g/mol. The predicted octanol–water partition coefficient (Wildman–Crippen LogP) is 3.63. The van der Waals surface area contributed by atoms with Crippen molar-refractivity contribution < 1.29 is 19.0 Å². The van der Waals surface area contributed by atoms with Crippen LogP contribution in [-0.2, 0) is 0 Å². The summed E-state index contributed by atoms with van der Waals surface area (Å²) in [6, 6.07) is 10.8. The first kappa shape index (κ1) is 18.8. The minimum absolute atomic E-state index is 0.347. The summed E-state index contributed by atoms with van der Waals surface area (Å²) in [4.78, 5) is 12.4. The van der Waals surface area contributed by atoms with E-state index in [9.17, 15) is 4.79 Å². The number of nitrogens with zero attached hydrogens (tertiary/aromatic N) is 1. The second-order valence-corrected chi connectivity index (χ2v) is 5.98. The van der Waals surface area contributed by atoms with Gasteiger partial charge in [-0.15, -0.1) is 0 Å². The quantitative estimate of drug-likeness (QED) is 0.587. The number of amides is 1. The van der Waals surface area contributed by atoms with Gasteiger partial charge < -0.3 is 14.2 Å². The van der Waals surface area contributed by atoms with Crippen LogP contribution >= 0.6 is 15.9 Å². The maximum absolute atomic E-state index is 12.4. The Balaban J connectivity index is 2.24. The zero-order valence-electron chi connectivity index (χ0n) is 14.4. The second kappa shape index (κ2) is 8.53. The standard InChI is InChI=1S/C18H19BrN2O4/c1-11(12-6-5-7-14(19)8-12)20-21-18(22)13-9-15(23-2)17(25-4)16(10-13)24-3/h5-10H,1-4H3,(H,21,22)/b20-11+. The molecule has 0 bridgehead atoms. The molecule has 1 amide bonds. The summed E-state index contributed by atoms with van der Waals surface area (Å²) in [6.07, 6.45) is 0. The summed E-state index contributed by atoms with van der Waals surface area (Å²) in [5, 5.41) is 4.15. The Labute approximate surface area is 154 Å². The van der Waals surface area contributed by atoms with Gasteiger partial charge in [0.25, 0.3) is 5.91 Å². The van der Waals surface area contributed by atoms with E-state index in [2.05, 4.69) is 26.5 Å². The minimum atomic E-state index is -0.381. The van der Waals surface area contributed by atoms with E-state index in [-0.39, 0.29) is 5.91 Å². The van der Waals surface area contributed by atoms with Crippen LogP contribution in [0.25, 0.3) is 0 Å². The highest BCUT2D eigenvalue weighted by Gasteiger charge is 2.16. The van der Waals surface area contributed by atoms with E-state index in [1.165, 1.54) is 21.3 Å². The van der Waals surface area contributed by atoms with Gasteiger partial charge in [0, 0.05) is 10.0 Å². The Morgan fingerprint density at radius 2 is 1.64 bits per heavy atom. The first-order chi connectivity index (χ1) is 12.0. The fraction of sp³-hybridized carbons (Fsp3) is 0.222. The molecule has 0 heterocycles. The van der Waals surface area contributed by atoms with Crippen molar-refractivity contribution in [2.45, 2.75) is 6.92 Å². The zero-order valence-corrected chi connectivity index (χ0v) is 16.0. The van der Waals surface area contributed by atoms with E-state index in [4.69, 9.17) is 14.2 Å². The van der Waals surface area contributed by atoms with Crippen LogP contribution in [0.4, 0.5) is 0 Å². The Hall–Kier alpha value is -2.54. The van der Waals surface area contributed by atoms with Crippen molar-refractivity contribution >= 4 is 27.5 Å². The first-order valence-electron chi connectivity index (χ1n) is 7.40. The van der Waals surface area contributed by atoms with E-state index in [0.29, 0.717) is 28.5 Å². The zero-order chi connectivity index (χ0) is 18.4. The molecule has 0 unspecified atom stereocenters. The average Bonchev–Trinajstić information content (AvgIpc) is 2.64. The molecule has 0 aliphatic carbocycles. The van der Waals surface area contributed by atoms with Gasteiger partial charge in [-0.3, -0.25) is 4.79 Å². The van der Waals surface area contributed by atoms with Crippen molar-refractivity contribution in [2.24, 2.45) is 5.10 Å². The first-order valence-corrected chi connectivity index (χ1v) is 8.20. The van der Waals surface area contributed by atoms with Crippen LogP contribution in [0.3, 0.4) is 0 Å². The summed E-state index contributed by atoms with van der Waals surface area (Å²) in [7, 11) is 4.49. The Kier molecular flexibility index (Phi) is 6.41. The number of halogens is 1. The van der Waals surface area contributed by atoms with Crippen LogP contribution in [0.5, 0.6) is 17.2 Å². The molecule has 0 saturated heterocycles. The summed E-state index contributed by atoms with van der Waals surface area (Å²) in [6.45, 7) is 1.82. The number of rotatable bonds is 6. The molecule has 2 aromatic rings. The molecular weight excluding hydrogens is 388 g/mol. The molecule has 0 aliphatic heterocycles. The van der Waals surface area contributed by atoms with Gasteiger partial charge in [-0.2, -0.15) is 5.10 Å². The lowest BCUT2D eigenvalue weighted by molar-refractivity contribution is 0.0954. The van der Waals surface area contributed by atoms with E-state index >= 15 is 0 Å². The van der Waals surface area contributed by atoms with Gasteiger partial charge in [-0.25, -0.2) is 5.43 Å². The molecule has 0 aliphatic rings. The fourth-order valence-corrected chi connectivity index (χ4v) is 2.59. The number of hydrazone groups is 1. The Morgan fingerprint density at radius 3 is 2.16 bits per heavy atom. The summed E-state index contributed by atoms with van der Waals surface area (Å²) in [5.41, 5.74) is 4.47. The van der Waals surface area contributed by atoms with E-state index in [0.717, 1.165) is 10.0 Å². The lowest BCUT2D eigenvalue weighted by Gasteiger charge is -2.13. The molecule has 25 heavy (non-hydrogen) atoms. The molecular formula is C18H19BrN2O4.